The number of nitrogens with zero attached hydrogens (tertiary/aromatic N) is 4. The molecule has 0 fully saturated rings. The Morgan fingerprint density at radius 2 is 1.27 bits per heavy atom. The third kappa shape index (κ3) is 2.82. The number of imidazole rings is 2. The van der Waals surface area contributed by atoms with Crippen molar-refractivity contribution in [3.63, 3.8) is 0 Å². The van der Waals surface area contributed by atoms with Gasteiger partial charge in [0.1, 0.15) is 37.9 Å². The van der Waals surface area contributed by atoms with E-state index in [-0.39, 0.29) is 0 Å². The summed E-state index contributed by atoms with van der Waals surface area (Å²) in [4.78, 5) is 0. The van der Waals surface area contributed by atoms with Gasteiger partial charge in [-0.2, -0.15) is 0 Å². The lowest BCUT2D eigenvalue weighted by molar-refractivity contribution is -0.677. The van der Waals surface area contributed by atoms with Gasteiger partial charge in [0.05, 0.1) is 14.1 Å². The summed E-state index contributed by atoms with van der Waals surface area (Å²) in [5, 5.41) is 0. The van der Waals surface area contributed by atoms with Crippen molar-refractivity contribution in [2.75, 3.05) is 0 Å². The van der Waals surface area contributed by atoms with Crippen molar-refractivity contribution >= 4 is 0 Å². The zero-order chi connectivity index (χ0) is 15.7. The minimum absolute atomic E-state index is 0.916. The highest BCUT2D eigenvalue weighted by atomic mass is 15.1. The van der Waals surface area contributed by atoms with Gasteiger partial charge in [-0.25, -0.2) is 18.3 Å². The van der Waals surface area contributed by atoms with E-state index < -0.39 is 0 Å². The molecule has 4 nitrogen and oxygen atoms in total. The predicted molar refractivity (Wildman–Crippen MR) is 85.3 cm³/mol. The SMILES string of the molecule is Cc1n(Cc2cccc(Cn3cc[n+](C)c3C)c2)cc[n+]1C. The molecule has 3 rings (SSSR count). The number of hydrogen-bond donors (Lipinski definition) is 0. The van der Waals surface area contributed by atoms with Gasteiger partial charge in [0, 0.05) is 13.8 Å². The van der Waals surface area contributed by atoms with E-state index in [2.05, 4.69) is 95.3 Å². The van der Waals surface area contributed by atoms with E-state index in [4.69, 9.17) is 0 Å². The topological polar surface area (TPSA) is 17.6 Å². The average molecular weight is 296 g/mol. The normalized spacial score (nSPS) is 11.1. The van der Waals surface area contributed by atoms with Gasteiger partial charge in [-0.05, 0) is 17.2 Å². The number of aromatic nitrogens is 4. The minimum atomic E-state index is 0.916. The first-order chi connectivity index (χ1) is 10.5. The molecule has 4 heteroatoms. The summed E-state index contributed by atoms with van der Waals surface area (Å²) in [6.45, 7) is 6.12. The second-order valence-corrected chi connectivity index (χ2v) is 5.99. The van der Waals surface area contributed by atoms with Crippen molar-refractivity contribution in [2.45, 2.75) is 26.9 Å². The van der Waals surface area contributed by atoms with E-state index in [9.17, 15) is 0 Å². The first-order valence-electron chi connectivity index (χ1n) is 7.65. The zero-order valence-electron chi connectivity index (χ0n) is 13.8. The summed E-state index contributed by atoms with van der Waals surface area (Å²) in [5.74, 6) is 2.53. The van der Waals surface area contributed by atoms with Crippen LogP contribution < -0.4 is 9.13 Å². The van der Waals surface area contributed by atoms with Gasteiger partial charge >= 0.3 is 0 Å². The quantitative estimate of drug-likeness (QED) is 0.652. The van der Waals surface area contributed by atoms with Crippen LogP contribution in [0.4, 0.5) is 0 Å². The van der Waals surface area contributed by atoms with E-state index in [0.29, 0.717) is 0 Å². The molecule has 0 aliphatic rings. The summed E-state index contributed by atoms with van der Waals surface area (Å²) < 4.78 is 8.85. The Kier molecular flexibility index (Phi) is 3.84. The van der Waals surface area contributed by atoms with Crippen LogP contribution in [0.15, 0.2) is 49.1 Å². The molecule has 0 bridgehead atoms. The molecule has 22 heavy (non-hydrogen) atoms. The average Bonchev–Trinajstić information content (AvgIpc) is 2.98. The molecule has 0 saturated carbocycles. The van der Waals surface area contributed by atoms with Gasteiger partial charge in [0.25, 0.3) is 11.6 Å². The van der Waals surface area contributed by atoms with E-state index in [0.717, 1.165) is 13.1 Å². The molecule has 0 saturated heterocycles. The van der Waals surface area contributed by atoms with Crippen molar-refractivity contribution in [2.24, 2.45) is 14.1 Å². The Bertz CT molecular complexity index is 732. The molecule has 0 aliphatic carbocycles. The van der Waals surface area contributed by atoms with Crippen LogP contribution in [-0.4, -0.2) is 9.13 Å². The van der Waals surface area contributed by atoms with Crippen LogP contribution in [0, 0.1) is 13.8 Å². The maximum Gasteiger partial charge on any atom is 0.253 e. The van der Waals surface area contributed by atoms with Crippen LogP contribution in [-0.2, 0) is 27.2 Å². The van der Waals surface area contributed by atoms with Gasteiger partial charge in [-0.1, -0.05) is 18.2 Å². The van der Waals surface area contributed by atoms with Crippen molar-refractivity contribution in [3.05, 3.63) is 71.8 Å². The summed E-state index contributed by atoms with van der Waals surface area (Å²) in [5.41, 5.74) is 2.68. The van der Waals surface area contributed by atoms with E-state index in [1.165, 1.54) is 22.8 Å². The van der Waals surface area contributed by atoms with Crippen molar-refractivity contribution in [3.8, 4) is 0 Å². The lowest BCUT2D eigenvalue weighted by atomic mass is 10.1. The van der Waals surface area contributed by atoms with Crippen molar-refractivity contribution in [1.82, 2.24) is 9.13 Å². The Hall–Kier alpha value is -2.36. The predicted octanol–water partition coefficient (Wildman–Crippen LogP) is 1.65. The largest absolute Gasteiger partial charge is 0.253 e. The van der Waals surface area contributed by atoms with Crippen LogP contribution >= 0.6 is 0 Å². The molecule has 114 valence electrons. The van der Waals surface area contributed by atoms with Gasteiger partial charge < -0.3 is 0 Å². The van der Waals surface area contributed by atoms with E-state index in [1.807, 2.05) is 0 Å². The van der Waals surface area contributed by atoms with E-state index in [1.54, 1.807) is 0 Å². The molecule has 1 aromatic carbocycles. The molecule has 0 N–H and O–H groups in total. The highest BCUT2D eigenvalue weighted by molar-refractivity contribution is 5.24. The number of hydrogen-bond acceptors (Lipinski definition) is 0. The van der Waals surface area contributed by atoms with Crippen LogP contribution in [0.3, 0.4) is 0 Å². The minimum Gasteiger partial charge on any atom is -0.237 e. The molecule has 3 aromatic rings. The smallest absolute Gasteiger partial charge is 0.237 e. The molecule has 2 heterocycles. The summed E-state index contributed by atoms with van der Waals surface area (Å²) in [6.07, 6.45) is 8.47. The summed E-state index contributed by atoms with van der Waals surface area (Å²) in [6, 6.07) is 8.86. The Balaban J connectivity index is 1.81. The summed E-state index contributed by atoms with van der Waals surface area (Å²) >= 11 is 0. The molecule has 0 unspecified atom stereocenters. The fraction of sp³-hybridized carbons (Fsp3) is 0.333. The van der Waals surface area contributed by atoms with Crippen LogP contribution in [0.2, 0.25) is 0 Å². The maximum absolute atomic E-state index is 2.30. The fourth-order valence-corrected chi connectivity index (χ4v) is 2.75. The third-order valence-electron chi connectivity index (χ3n) is 4.49. The van der Waals surface area contributed by atoms with Crippen molar-refractivity contribution < 1.29 is 9.13 Å². The van der Waals surface area contributed by atoms with Crippen LogP contribution in [0.1, 0.15) is 22.8 Å². The number of aryl methyl sites for hydroxylation is 2. The van der Waals surface area contributed by atoms with Gasteiger partial charge in [-0.15, -0.1) is 0 Å². The second-order valence-electron chi connectivity index (χ2n) is 5.99. The Morgan fingerprint density at radius 1 is 0.818 bits per heavy atom. The Morgan fingerprint density at radius 3 is 1.64 bits per heavy atom. The highest BCUT2D eigenvalue weighted by Crippen LogP contribution is 2.10. The maximum atomic E-state index is 2.30. The molecule has 0 amide bonds. The van der Waals surface area contributed by atoms with E-state index >= 15 is 0 Å². The van der Waals surface area contributed by atoms with Gasteiger partial charge in [0.15, 0.2) is 0 Å². The highest BCUT2D eigenvalue weighted by Gasteiger charge is 2.12. The molecule has 2 aromatic heterocycles. The third-order valence-corrected chi connectivity index (χ3v) is 4.49. The molecule has 0 aliphatic heterocycles. The monoisotopic (exact) mass is 296 g/mol. The number of benzene rings is 1. The Labute approximate surface area is 131 Å². The van der Waals surface area contributed by atoms with Crippen LogP contribution in [0.25, 0.3) is 0 Å². The number of rotatable bonds is 4. The molecular formula is C18H24N4+2. The first kappa shape index (κ1) is 14.6. The van der Waals surface area contributed by atoms with Gasteiger partial charge in [-0.3, -0.25) is 0 Å². The molecule has 0 atom stereocenters. The zero-order valence-corrected chi connectivity index (χ0v) is 13.8. The second kappa shape index (κ2) is 5.79. The molecular weight excluding hydrogens is 272 g/mol. The first-order valence-corrected chi connectivity index (χ1v) is 7.65. The molecule has 0 spiro atoms. The summed E-state index contributed by atoms with van der Waals surface area (Å²) in [7, 11) is 4.16. The van der Waals surface area contributed by atoms with Crippen molar-refractivity contribution in [1.29, 1.82) is 0 Å². The standard InChI is InChI=1S/C18H24N4/c1-15-19(3)8-10-21(15)13-17-6-5-7-18(12-17)14-22-11-9-20(4)16(22)2/h5-12H,13-14H2,1-4H3/q+2. The fourth-order valence-electron chi connectivity index (χ4n) is 2.75. The van der Waals surface area contributed by atoms with Gasteiger partial charge in [0.2, 0.25) is 0 Å². The lowest BCUT2D eigenvalue weighted by Gasteiger charge is -2.04. The molecule has 0 radical (unpaired) electrons. The van der Waals surface area contributed by atoms with Crippen LogP contribution in [0.5, 0.6) is 0 Å². The lowest BCUT2D eigenvalue weighted by Crippen LogP contribution is -2.29.